The van der Waals surface area contributed by atoms with Crippen LogP contribution in [0.5, 0.6) is 5.75 Å². The van der Waals surface area contributed by atoms with Gasteiger partial charge in [0.15, 0.2) is 5.78 Å². The number of ether oxygens (including phenoxy) is 1. The molecule has 0 aliphatic heterocycles. The summed E-state index contributed by atoms with van der Waals surface area (Å²) in [6, 6.07) is 15.3. The lowest BCUT2D eigenvalue weighted by molar-refractivity contribution is 0.0425. The lowest BCUT2D eigenvalue weighted by atomic mass is 10.0. The quantitative estimate of drug-likeness (QED) is 0.671. The van der Waals surface area contributed by atoms with Crippen molar-refractivity contribution in [2.75, 3.05) is 7.11 Å². The smallest absolute Gasteiger partial charge is 0.267 e. The molecule has 0 N–H and O–H groups in total. The van der Waals surface area contributed by atoms with Crippen LogP contribution < -0.4 is 4.74 Å². The predicted molar refractivity (Wildman–Crippen MR) is 87.0 cm³/mol. The summed E-state index contributed by atoms with van der Waals surface area (Å²) < 4.78 is 32.7. The van der Waals surface area contributed by atoms with Crippen molar-refractivity contribution in [1.82, 2.24) is 0 Å². The van der Waals surface area contributed by atoms with Gasteiger partial charge in [-0.25, -0.2) is 8.78 Å². The second-order valence-electron chi connectivity index (χ2n) is 5.16. The van der Waals surface area contributed by atoms with Crippen molar-refractivity contribution in [1.29, 1.82) is 0 Å². The Morgan fingerprint density at radius 3 is 2.35 bits per heavy atom. The molecule has 0 atom stereocenters. The average molecular weight is 316 g/mol. The number of rotatable bonds is 7. The molecule has 0 amide bonds. The highest BCUT2D eigenvalue weighted by atomic mass is 19.3. The number of benzene rings is 2. The summed E-state index contributed by atoms with van der Waals surface area (Å²) in [4.78, 5) is 11.9. The van der Waals surface area contributed by atoms with Gasteiger partial charge in [0.2, 0.25) is 0 Å². The van der Waals surface area contributed by atoms with Crippen molar-refractivity contribution >= 4 is 11.9 Å². The Kier molecular flexibility index (Phi) is 5.63. The van der Waals surface area contributed by atoms with E-state index in [1.807, 2.05) is 0 Å². The van der Waals surface area contributed by atoms with Crippen molar-refractivity contribution in [3.8, 4) is 5.75 Å². The van der Waals surface area contributed by atoms with Crippen LogP contribution in [-0.2, 0) is 0 Å². The van der Waals surface area contributed by atoms with Gasteiger partial charge in [-0.3, -0.25) is 4.79 Å². The molecule has 4 heteroatoms. The van der Waals surface area contributed by atoms with E-state index in [1.54, 1.807) is 61.7 Å². The second kappa shape index (κ2) is 7.68. The normalized spacial score (nSPS) is 11.6. The highest BCUT2D eigenvalue weighted by Crippen LogP contribution is 2.25. The molecule has 0 spiro atoms. The van der Waals surface area contributed by atoms with E-state index in [1.165, 1.54) is 6.08 Å². The molecule has 0 radical (unpaired) electrons. The number of carbonyl (C=O) groups excluding carboxylic acids is 1. The number of alkyl halides is 2. The molecular formula is C19H18F2O2. The van der Waals surface area contributed by atoms with E-state index in [0.717, 1.165) is 6.08 Å². The van der Waals surface area contributed by atoms with Crippen molar-refractivity contribution in [2.45, 2.75) is 18.8 Å². The molecule has 0 unspecified atom stereocenters. The lowest BCUT2D eigenvalue weighted by Crippen LogP contribution is -2.14. The summed E-state index contributed by atoms with van der Waals surface area (Å²) >= 11 is 0. The number of Topliss-reactive ketones (excluding diaryl/α,β-unsaturated/α-hetero) is 1. The molecule has 0 bridgehead atoms. The van der Waals surface area contributed by atoms with Gasteiger partial charge in [-0.2, -0.15) is 0 Å². The molecule has 2 rings (SSSR count). The van der Waals surface area contributed by atoms with Crippen LogP contribution in [0.3, 0.4) is 0 Å². The number of halogens is 2. The third-order valence-electron chi connectivity index (χ3n) is 3.42. The fourth-order valence-electron chi connectivity index (χ4n) is 2.07. The van der Waals surface area contributed by atoms with E-state index in [2.05, 4.69) is 0 Å². The summed E-state index contributed by atoms with van der Waals surface area (Å²) in [6.07, 6.45) is 1.50. The molecule has 0 heterocycles. The zero-order valence-corrected chi connectivity index (χ0v) is 12.8. The fourth-order valence-corrected chi connectivity index (χ4v) is 2.07. The van der Waals surface area contributed by atoms with Gasteiger partial charge in [0.1, 0.15) is 5.75 Å². The molecule has 2 nitrogen and oxygen atoms in total. The van der Waals surface area contributed by atoms with Crippen molar-refractivity contribution < 1.29 is 18.3 Å². The Morgan fingerprint density at radius 1 is 1.09 bits per heavy atom. The number of allylic oxidation sites excluding steroid dienone is 1. The highest BCUT2D eigenvalue weighted by molar-refractivity contribution is 5.96. The van der Waals surface area contributed by atoms with Gasteiger partial charge in [-0.1, -0.05) is 48.5 Å². The first-order valence-electron chi connectivity index (χ1n) is 7.29. The van der Waals surface area contributed by atoms with Gasteiger partial charge < -0.3 is 4.74 Å². The van der Waals surface area contributed by atoms with Gasteiger partial charge >= 0.3 is 0 Å². The Labute approximate surface area is 134 Å². The number of methoxy groups -OCH3 is 1. The molecular weight excluding hydrogens is 298 g/mol. The Bertz CT molecular complexity index is 662. The molecule has 0 saturated heterocycles. The third-order valence-corrected chi connectivity index (χ3v) is 3.42. The van der Waals surface area contributed by atoms with Gasteiger partial charge in [0, 0.05) is 18.4 Å². The summed E-state index contributed by atoms with van der Waals surface area (Å²) in [5.74, 6) is -2.63. The molecule has 2 aromatic rings. The number of ketones is 1. The minimum atomic E-state index is -3.02. The van der Waals surface area contributed by atoms with Crippen molar-refractivity contribution in [3.05, 3.63) is 71.8 Å². The third kappa shape index (κ3) is 5.33. The van der Waals surface area contributed by atoms with E-state index in [4.69, 9.17) is 4.74 Å². The van der Waals surface area contributed by atoms with Gasteiger partial charge in [-0.15, -0.1) is 0 Å². The largest absolute Gasteiger partial charge is 0.497 e. The molecule has 0 aliphatic carbocycles. The van der Waals surface area contributed by atoms with E-state index in [0.29, 0.717) is 16.9 Å². The zero-order valence-electron chi connectivity index (χ0n) is 12.8. The number of carbonyl (C=O) groups is 1. The Morgan fingerprint density at radius 2 is 1.74 bits per heavy atom. The zero-order chi connectivity index (χ0) is 16.7. The van der Waals surface area contributed by atoms with E-state index < -0.39 is 12.3 Å². The maximum atomic E-state index is 13.9. The molecule has 0 fully saturated rings. The van der Waals surface area contributed by atoms with Crippen LogP contribution in [0, 0.1) is 0 Å². The van der Waals surface area contributed by atoms with E-state index >= 15 is 0 Å². The van der Waals surface area contributed by atoms with Crippen LogP contribution in [-0.4, -0.2) is 18.8 Å². The van der Waals surface area contributed by atoms with E-state index in [-0.39, 0.29) is 12.2 Å². The highest BCUT2D eigenvalue weighted by Gasteiger charge is 2.26. The van der Waals surface area contributed by atoms with Crippen molar-refractivity contribution in [3.63, 3.8) is 0 Å². The first kappa shape index (κ1) is 16.9. The average Bonchev–Trinajstić information content (AvgIpc) is 2.59. The monoisotopic (exact) mass is 316 g/mol. The number of hydrogen-bond donors (Lipinski definition) is 0. The fraction of sp³-hybridized carbons (Fsp3) is 0.211. The summed E-state index contributed by atoms with van der Waals surface area (Å²) in [7, 11) is 1.54. The maximum absolute atomic E-state index is 13.9. The predicted octanol–water partition coefficient (Wildman–Crippen LogP) is 5.01. The SMILES string of the molecule is COc1ccc(/C=C/C(F)(F)CCC(=O)c2ccccc2)cc1. The van der Waals surface area contributed by atoms with Crippen LogP contribution in [0.4, 0.5) is 8.78 Å². The van der Waals surface area contributed by atoms with Crippen LogP contribution in [0.15, 0.2) is 60.7 Å². The van der Waals surface area contributed by atoms with Crippen molar-refractivity contribution in [2.24, 2.45) is 0 Å². The summed E-state index contributed by atoms with van der Waals surface area (Å²) in [5.41, 5.74) is 1.11. The van der Waals surface area contributed by atoms with Gasteiger partial charge in [0.05, 0.1) is 7.11 Å². The summed E-state index contributed by atoms with van der Waals surface area (Å²) in [6.45, 7) is 0. The first-order chi connectivity index (χ1) is 11.0. The minimum absolute atomic E-state index is 0.191. The maximum Gasteiger partial charge on any atom is 0.267 e. The first-order valence-corrected chi connectivity index (χ1v) is 7.29. The van der Waals surface area contributed by atoms with Crippen LogP contribution >= 0.6 is 0 Å². The molecule has 0 aromatic heterocycles. The Balaban J connectivity index is 1.93. The Hall–Kier alpha value is -2.49. The topological polar surface area (TPSA) is 26.3 Å². The van der Waals surface area contributed by atoms with Gasteiger partial charge in [0.25, 0.3) is 5.92 Å². The second-order valence-corrected chi connectivity index (χ2v) is 5.16. The van der Waals surface area contributed by atoms with E-state index in [9.17, 15) is 13.6 Å². The lowest BCUT2D eigenvalue weighted by Gasteiger charge is -2.11. The van der Waals surface area contributed by atoms with Crippen LogP contribution in [0.2, 0.25) is 0 Å². The van der Waals surface area contributed by atoms with Crippen LogP contribution in [0.1, 0.15) is 28.8 Å². The summed E-state index contributed by atoms with van der Waals surface area (Å²) in [5, 5.41) is 0. The molecule has 120 valence electrons. The minimum Gasteiger partial charge on any atom is -0.497 e. The van der Waals surface area contributed by atoms with Gasteiger partial charge in [-0.05, 0) is 23.8 Å². The standard InChI is InChI=1S/C19H18F2O2/c1-23-17-9-7-15(8-10-17)11-13-19(20,21)14-12-18(22)16-5-3-2-4-6-16/h2-11,13H,12,14H2,1H3/b13-11+. The molecule has 0 aliphatic rings. The number of hydrogen-bond acceptors (Lipinski definition) is 2. The van der Waals surface area contributed by atoms with Crippen LogP contribution in [0.25, 0.3) is 6.08 Å². The molecule has 0 saturated carbocycles. The molecule has 23 heavy (non-hydrogen) atoms. The molecule has 2 aromatic carbocycles.